The normalized spacial score (nSPS) is 18.5. The third-order valence-corrected chi connectivity index (χ3v) is 16.5. The molecule has 3 atom stereocenters. The number of benzene rings is 9. The van der Waals surface area contributed by atoms with Crippen LogP contribution in [-0.4, -0.2) is 0 Å². The number of anilines is 6. The lowest BCUT2D eigenvalue weighted by Crippen LogP contribution is -2.17. The highest BCUT2D eigenvalue weighted by atomic mass is 15.2. The molecule has 2 nitrogen and oxygen atoms in total. The average molecular weight is 879 g/mol. The van der Waals surface area contributed by atoms with Crippen LogP contribution in [0, 0.1) is 11.8 Å². The second kappa shape index (κ2) is 16.6. The van der Waals surface area contributed by atoms with E-state index >= 15 is 0 Å². The van der Waals surface area contributed by atoms with Gasteiger partial charge < -0.3 is 9.80 Å². The van der Waals surface area contributed by atoms with E-state index in [1.807, 2.05) is 0 Å². The van der Waals surface area contributed by atoms with Gasteiger partial charge in [-0.15, -0.1) is 0 Å². The predicted molar refractivity (Wildman–Crippen MR) is 286 cm³/mol. The smallest absolute Gasteiger partial charge is 0.0496 e. The summed E-state index contributed by atoms with van der Waals surface area (Å²) >= 11 is 0. The van der Waals surface area contributed by atoms with E-state index in [0.717, 1.165) is 43.4 Å². The molecule has 2 heteroatoms. The summed E-state index contributed by atoms with van der Waals surface area (Å²) in [6.45, 7) is 4.82. The molecule has 332 valence electrons. The minimum Gasteiger partial charge on any atom is -0.310 e. The van der Waals surface area contributed by atoms with Crippen LogP contribution >= 0.6 is 0 Å². The van der Waals surface area contributed by atoms with Crippen LogP contribution in [0.25, 0.3) is 33.0 Å². The minimum atomic E-state index is -0.170. The van der Waals surface area contributed by atoms with Crippen LogP contribution < -0.4 is 9.80 Å². The van der Waals surface area contributed by atoms with Crippen molar-refractivity contribution in [3.63, 3.8) is 0 Å². The maximum Gasteiger partial charge on any atom is 0.0496 e. The van der Waals surface area contributed by atoms with Crippen molar-refractivity contribution in [2.45, 2.75) is 76.5 Å². The highest BCUT2D eigenvalue weighted by Crippen LogP contribution is 2.55. The number of fused-ring (bicyclic) bond motifs is 6. The van der Waals surface area contributed by atoms with Gasteiger partial charge in [-0.2, -0.15) is 0 Å². The average Bonchev–Trinajstić information content (AvgIpc) is 4.09. The van der Waals surface area contributed by atoms with Gasteiger partial charge in [0.15, 0.2) is 0 Å². The summed E-state index contributed by atoms with van der Waals surface area (Å²) in [5, 5.41) is 2.50. The number of aryl methyl sites for hydroxylation is 4. The molecule has 0 aromatic heterocycles. The summed E-state index contributed by atoms with van der Waals surface area (Å²) in [5.41, 5.74) is 22.2. The van der Waals surface area contributed by atoms with E-state index in [1.54, 1.807) is 0 Å². The largest absolute Gasteiger partial charge is 0.310 e. The Morgan fingerprint density at radius 1 is 0.426 bits per heavy atom. The van der Waals surface area contributed by atoms with Crippen LogP contribution in [-0.2, 0) is 31.1 Å². The first-order chi connectivity index (χ1) is 33.4. The van der Waals surface area contributed by atoms with Gasteiger partial charge in [0.2, 0.25) is 0 Å². The third-order valence-electron chi connectivity index (χ3n) is 16.5. The monoisotopic (exact) mass is 878 g/mol. The molecule has 0 amide bonds. The van der Waals surface area contributed by atoms with Gasteiger partial charge in [-0.25, -0.2) is 0 Å². The van der Waals surface area contributed by atoms with Crippen LogP contribution in [0.3, 0.4) is 0 Å². The molecule has 0 N–H and O–H groups in total. The van der Waals surface area contributed by atoms with Gasteiger partial charge in [0, 0.05) is 39.5 Å². The van der Waals surface area contributed by atoms with Crippen molar-refractivity contribution in [2.24, 2.45) is 11.8 Å². The zero-order valence-electron chi connectivity index (χ0n) is 39.3. The molecule has 9 aromatic carbocycles. The molecule has 0 radical (unpaired) electrons. The second-order valence-electron chi connectivity index (χ2n) is 20.8. The van der Waals surface area contributed by atoms with Crippen molar-refractivity contribution >= 4 is 44.9 Å². The van der Waals surface area contributed by atoms with E-state index < -0.39 is 0 Å². The van der Waals surface area contributed by atoms with Crippen LogP contribution in [0.2, 0.25) is 0 Å². The van der Waals surface area contributed by atoms with Crippen molar-refractivity contribution in [2.75, 3.05) is 9.80 Å². The fraction of sp³-hybridized carbons (Fsp3) is 0.212. The Bertz CT molecular complexity index is 3350. The summed E-state index contributed by atoms with van der Waals surface area (Å²) < 4.78 is 0. The first kappa shape index (κ1) is 41.1. The van der Waals surface area contributed by atoms with Gasteiger partial charge in [0.1, 0.15) is 0 Å². The highest BCUT2D eigenvalue weighted by molar-refractivity contribution is 5.95. The van der Waals surface area contributed by atoms with Crippen molar-refractivity contribution in [3.8, 4) is 22.3 Å². The molecular formula is C66H58N2. The molecule has 9 aromatic rings. The Balaban J connectivity index is 0.898. The van der Waals surface area contributed by atoms with E-state index in [1.165, 1.54) is 132 Å². The van der Waals surface area contributed by atoms with Gasteiger partial charge in [-0.3, -0.25) is 0 Å². The maximum atomic E-state index is 2.57. The lowest BCUT2D eigenvalue weighted by atomic mass is 9.81. The third kappa shape index (κ3) is 7.07. The number of rotatable bonds is 8. The van der Waals surface area contributed by atoms with E-state index in [9.17, 15) is 0 Å². The second-order valence-corrected chi connectivity index (χ2v) is 20.8. The van der Waals surface area contributed by atoms with Crippen molar-refractivity contribution < 1.29 is 0 Å². The summed E-state index contributed by atoms with van der Waals surface area (Å²) in [5.74, 6) is 2.54. The molecule has 2 saturated carbocycles. The topological polar surface area (TPSA) is 6.48 Å². The fourth-order valence-electron chi connectivity index (χ4n) is 13.0. The Kier molecular flexibility index (Phi) is 10.0. The Morgan fingerprint density at radius 3 is 1.74 bits per heavy atom. The zero-order valence-corrected chi connectivity index (χ0v) is 39.3. The molecule has 2 fully saturated rings. The lowest BCUT2D eigenvalue weighted by molar-refractivity contribution is 0.420. The van der Waals surface area contributed by atoms with E-state index in [4.69, 9.17) is 0 Å². The Hall–Kier alpha value is -7.16. The van der Waals surface area contributed by atoms with Gasteiger partial charge in [-0.05, 0) is 195 Å². The lowest BCUT2D eigenvalue weighted by Gasteiger charge is -2.31. The number of nitrogens with zero attached hydrogens (tertiary/aromatic N) is 2. The Morgan fingerprint density at radius 2 is 1.04 bits per heavy atom. The molecule has 6 bridgehead atoms. The summed E-state index contributed by atoms with van der Waals surface area (Å²) in [6.07, 6.45) is 9.38. The van der Waals surface area contributed by atoms with Crippen LogP contribution in [0.5, 0.6) is 0 Å². The van der Waals surface area contributed by atoms with Gasteiger partial charge >= 0.3 is 0 Å². The maximum absolute atomic E-state index is 2.57. The first-order valence-corrected chi connectivity index (χ1v) is 25.2. The van der Waals surface area contributed by atoms with E-state index in [0.29, 0.717) is 0 Å². The van der Waals surface area contributed by atoms with Crippen molar-refractivity contribution in [1.29, 1.82) is 0 Å². The SMILES string of the molecule is CC1(C)c2cc(N(c3ccc4ccccc4c3)c3cc4ccc3CCc3ccc(c(N(c5ccccc5)c5ccc(C6CC7CCC6C7)cc5)c3)CC4)ccc2-c2c(-c3ccccc3)cccc21. The van der Waals surface area contributed by atoms with Crippen LogP contribution in [0.15, 0.2) is 200 Å². The van der Waals surface area contributed by atoms with Crippen molar-refractivity contribution in [1.82, 2.24) is 0 Å². The molecular weight excluding hydrogens is 821 g/mol. The Labute approximate surface area is 402 Å². The molecule has 7 aliphatic rings. The summed E-state index contributed by atoms with van der Waals surface area (Å²) in [7, 11) is 0. The minimum absolute atomic E-state index is 0.170. The number of para-hydroxylation sites is 1. The van der Waals surface area contributed by atoms with Crippen LogP contribution in [0.1, 0.15) is 84.4 Å². The van der Waals surface area contributed by atoms with Crippen molar-refractivity contribution in [3.05, 3.63) is 239 Å². The number of hydrogen-bond acceptors (Lipinski definition) is 2. The molecule has 3 unspecified atom stereocenters. The first-order valence-electron chi connectivity index (χ1n) is 25.2. The highest BCUT2D eigenvalue weighted by Gasteiger charge is 2.40. The quantitative estimate of drug-likeness (QED) is 0.150. The molecule has 0 spiro atoms. The molecule has 68 heavy (non-hydrogen) atoms. The van der Waals surface area contributed by atoms with Gasteiger partial charge in [0.25, 0.3) is 0 Å². The van der Waals surface area contributed by atoms with Gasteiger partial charge in [0.05, 0.1) is 0 Å². The summed E-state index contributed by atoms with van der Waals surface area (Å²) in [4.78, 5) is 5.10. The predicted octanol–water partition coefficient (Wildman–Crippen LogP) is 17.5. The zero-order chi connectivity index (χ0) is 45.3. The van der Waals surface area contributed by atoms with E-state index in [2.05, 4.69) is 224 Å². The van der Waals surface area contributed by atoms with Gasteiger partial charge in [-0.1, -0.05) is 160 Å². The molecule has 0 saturated heterocycles. The molecule has 0 aliphatic heterocycles. The number of hydrogen-bond donors (Lipinski definition) is 0. The summed E-state index contributed by atoms with van der Waals surface area (Å²) in [6, 6.07) is 76.3. The standard InChI is InChI=1S/C66H58N2/c1-66(2)61-19-11-18-58(48-13-5-3-6-14-48)65(61)59-37-36-57(43-62(59)66)68(56-35-30-47-12-9-10-15-52(47)42-56)64-41-45-21-26-50-25-20-44(22-27-51(64)28-23-45)40-63(50)67(54-16-7-4-8-17-54)55-33-31-49(32-34-55)60-39-46-24-29-53(60)38-46/h3-20,23,25,28,30-37,40-43,46,53,60H,21-22,24,26-27,29,38-39H2,1-2H3. The molecule has 0 heterocycles. The fourth-order valence-corrected chi connectivity index (χ4v) is 13.0. The van der Waals surface area contributed by atoms with E-state index in [-0.39, 0.29) is 5.41 Å². The molecule has 7 aliphatic carbocycles. The molecule has 16 rings (SSSR count). The van der Waals surface area contributed by atoms with Crippen LogP contribution in [0.4, 0.5) is 34.1 Å².